The molecule has 0 N–H and O–H groups in total. The van der Waals surface area contributed by atoms with Gasteiger partial charge in [-0.15, -0.1) is 0 Å². The highest BCUT2D eigenvalue weighted by Crippen LogP contribution is 2.25. The van der Waals surface area contributed by atoms with Crippen LogP contribution in [0.3, 0.4) is 0 Å². The fourth-order valence-corrected chi connectivity index (χ4v) is 3.45. The molecule has 0 saturated carbocycles. The molecule has 0 aliphatic rings. The smallest absolute Gasteiger partial charge is 0.330 e. The monoisotopic (exact) mass is 352 g/mol. The van der Waals surface area contributed by atoms with Crippen LogP contribution >= 0.6 is 0 Å². The van der Waals surface area contributed by atoms with E-state index in [0.29, 0.717) is 6.61 Å². The molecule has 0 spiro atoms. The Morgan fingerprint density at radius 3 is 1.80 bits per heavy atom. The van der Waals surface area contributed by atoms with E-state index in [1.165, 1.54) is 83.1 Å². The SMILES string of the molecule is C=CC(=O)OCCCCC(CCCCCCCCCCCC)C(C)C. The maximum atomic E-state index is 11.0. The largest absolute Gasteiger partial charge is 0.463 e. The first-order valence-electron chi connectivity index (χ1n) is 10.9. The number of unbranched alkanes of at least 4 members (excludes halogenated alkanes) is 10. The highest BCUT2D eigenvalue weighted by molar-refractivity contribution is 5.81. The molecule has 0 aromatic heterocycles. The zero-order chi connectivity index (χ0) is 18.8. The Bertz CT molecular complexity index is 309. The van der Waals surface area contributed by atoms with Crippen molar-refractivity contribution in [2.45, 2.75) is 111 Å². The second-order valence-corrected chi connectivity index (χ2v) is 7.84. The van der Waals surface area contributed by atoms with Gasteiger partial charge >= 0.3 is 5.97 Å². The Balaban J connectivity index is 3.54. The van der Waals surface area contributed by atoms with E-state index in [4.69, 9.17) is 4.74 Å². The summed E-state index contributed by atoms with van der Waals surface area (Å²) in [4.78, 5) is 11.0. The molecule has 0 saturated heterocycles. The molecule has 2 nitrogen and oxygen atoms in total. The predicted molar refractivity (Wildman–Crippen MR) is 110 cm³/mol. The van der Waals surface area contributed by atoms with Gasteiger partial charge in [-0.3, -0.25) is 0 Å². The van der Waals surface area contributed by atoms with E-state index in [-0.39, 0.29) is 5.97 Å². The zero-order valence-corrected chi connectivity index (χ0v) is 17.4. The van der Waals surface area contributed by atoms with E-state index in [0.717, 1.165) is 24.7 Å². The van der Waals surface area contributed by atoms with Crippen molar-refractivity contribution in [1.29, 1.82) is 0 Å². The van der Waals surface area contributed by atoms with E-state index in [1.54, 1.807) is 0 Å². The molecule has 0 heterocycles. The molecule has 0 bridgehead atoms. The van der Waals surface area contributed by atoms with Crippen LogP contribution in [0.5, 0.6) is 0 Å². The molecule has 0 aromatic rings. The van der Waals surface area contributed by atoms with Gasteiger partial charge in [0.15, 0.2) is 0 Å². The van der Waals surface area contributed by atoms with E-state index < -0.39 is 0 Å². The standard InChI is InChI=1S/C23H44O2/c1-5-7-8-9-10-11-12-13-14-15-18-22(21(3)4)19-16-17-20-25-23(24)6-2/h6,21-22H,2,5,7-20H2,1,3-4H3. The van der Waals surface area contributed by atoms with Crippen molar-refractivity contribution >= 4 is 5.97 Å². The van der Waals surface area contributed by atoms with Crippen molar-refractivity contribution in [3.63, 3.8) is 0 Å². The molecule has 0 radical (unpaired) electrons. The van der Waals surface area contributed by atoms with Crippen LogP contribution in [0.4, 0.5) is 0 Å². The van der Waals surface area contributed by atoms with E-state index in [1.807, 2.05) is 0 Å². The van der Waals surface area contributed by atoms with Gasteiger partial charge in [-0.2, -0.15) is 0 Å². The molecule has 25 heavy (non-hydrogen) atoms. The third-order valence-electron chi connectivity index (χ3n) is 5.25. The Morgan fingerprint density at radius 2 is 1.32 bits per heavy atom. The van der Waals surface area contributed by atoms with Crippen molar-refractivity contribution in [2.75, 3.05) is 6.61 Å². The van der Waals surface area contributed by atoms with Crippen molar-refractivity contribution in [3.8, 4) is 0 Å². The molecule has 1 atom stereocenters. The summed E-state index contributed by atoms with van der Waals surface area (Å²) in [7, 11) is 0. The zero-order valence-electron chi connectivity index (χ0n) is 17.4. The number of hydrogen-bond donors (Lipinski definition) is 0. The summed E-state index contributed by atoms with van der Waals surface area (Å²) in [6.45, 7) is 10.9. The summed E-state index contributed by atoms with van der Waals surface area (Å²) in [5, 5.41) is 0. The number of ether oxygens (including phenoxy) is 1. The first kappa shape index (κ1) is 24.2. The highest BCUT2D eigenvalue weighted by Gasteiger charge is 2.12. The molecular weight excluding hydrogens is 308 g/mol. The lowest BCUT2D eigenvalue weighted by Gasteiger charge is -2.20. The van der Waals surface area contributed by atoms with Crippen LogP contribution < -0.4 is 0 Å². The van der Waals surface area contributed by atoms with Crippen LogP contribution in [-0.4, -0.2) is 12.6 Å². The van der Waals surface area contributed by atoms with Gasteiger partial charge in [0.05, 0.1) is 6.61 Å². The molecule has 0 aliphatic carbocycles. The summed E-state index contributed by atoms with van der Waals surface area (Å²) in [6, 6.07) is 0. The lowest BCUT2D eigenvalue weighted by Crippen LogP contribution is -2.10. The van der Waals surface area contributed by atoms with Crippen LogP contribution in [0.25, 0.3) is 0 Å². The number of carbonyl (C=O) groups is 1. The van der Waals surface area contributed by atoms with Crippen LogP contribution in [0.2, 0.25) is 0 Å². The summed E-state index contributed by atoms with van der Waals surface area (Å²) >= 11 is 0. The summed E-state index contributed by atoms with van der Waals surface area (Å²) < 4.78 is 5.04. The van der Waals surface area contributed by atoms with Crippen LogP contribution in [0.15, 0.2) is 12.7 Å². The Hall–Kier alpha value is -0.790. The molecule has 2 heteroatoms. The molecule has 148 valence electrons. The first-order valence-corrected chi connectivity index (χ1v) is 10.9. The molecule has 1 unspecified atom stereocenters. The summed E-state index contributed by atoms with van der Waals surface area (Å²) in [5.74, 6) is 1.28. The number of esters is 1. The number of rotatable bonds is 18. The maximum Gasteiger partial charge on any atom is 0.330 e. The van der Waals surface area contributed by atoms with Gasteiger partial charge in [0, 0.05) is 6.08 Å². The third kappa shape index (κ3) is 16.4. The average molecular weight is 353 g/mol. The van der Waals surface area contributed by atoms with Gasteiger partial charge in [-0.05, 0) is 24.7 Å². The van der Waals surface area contributed by atoms with Crippen LogP contribution in [-0.2, 0) is 9.53 Å². The van der Waals surface area contributed by atoms with Gasteiger partial charge < -0.3 is 4.74 Å². The topological polar surface area (TPSA) is 26.3 Å². The van der Waals surface area contributed by atoms with Gasteiger partial charge in [-0.25, -0.2) is 4.79 Å². The van der Waals surface area contributed by atoms with E-state index in [9.17, 15) is 4.79 Å². The second kappa shape index (κ2) is 18.0. The summed E-state index contributed by atoms with van der Waals surface area (Å²) in [5.41, 5.74) is 0. The lowest BCUT2D eigenvalue weighted by atomic mass is 9.86. The second-order valence-electron chi connectivity index (χ2n) is 7.84. The molecule has 0 aromatic carbocycles. The molecular formula is C23H44O2. The van der Waals surface area contributed by atoms with Gasteiger partial charge in [0.1, 0.15) is 0 Å². The van der Waals surface area contributed by atoms with E-state index in [2.05, 4.69) is 27.4 Å². The van der Waals surface area contributed by atoms with Crippen LogP contribution in [0.1, 0.15) is 111 Å². The van der Waals surface area contributed by atoms with Gasteiger partial charge in [0.25, 0.3) is 0 Å². The third-order valence-corrected chi connectivity index (χ3v) is 5.25. The van der Waals surface area contributed by atoms with Gasteiger partial charge in [-0.1, -0.05) is 104 Å². The number of carbonyl (C=O) groups excluding carboxylic acids is 1. The molecule has 0 amide bonds. The fourth-order valence-electron chi connectivity index (χ4n) is 3.45. The normalized spacial score (nSPS) is 12.3. The molecule has 0 aliphatic heterocycles. The van der Waals surface area contributed by atoms with Crippen LogP contribution in [0, 0.1) is 11.8 Å². The number of hydrogen-bond acceptors (Lipinski definition) is 2. The van der Waals surface area contributed by atoms with Crippen molar-refractivity contribution in [1.82, 2.24) is 0 Å². The van der Waals surface area contributed by atoms with E-state index >= 15 is 0 Å². The minimum Gasteiger partial charge on any atom is -0.463 e. The predicted octanol–water partition coefficient (Wildman–Crippen LogP) is 7.47. The van der Waals surface area contributed by atoms with Crippen molar-refractivity contribution in [2.24, 2.45) is 11.8 Å². The van der Waals surface area contributed by atoms with Crippen molar-refractivity contribution < 1.29 is 9.53 Å². The quantitative estimate of drug-likeness (QED) is 0.145. The molecule has 0 fully saturated rings. The minimum atomic E-state index is -0.300. The highest BCUT2D eigenvalue weighted by atomic mass is 16.5. The Kier molecular flexibility index (Phi) is 17.4. The fraction of sp³-hybridized carbons (Fsp3) is 0.870. The molecule has 0 rings (SSSR count). The summed E-state index contributed by atoms with van der Waals surface area (Å²) in [6.07, 6.45) is 20.1. The van der Waals surface area contributed by atoms with Gasteiger partial charge in [0.2, 0.25) is 0 Å². The Labute approximate surface area is 157 Å². The first-order chi connectivity index (χ1) is 12.1. The van der Waals surface area contributed by atoms with Crippen molar-refractivity contribution in [3.05, 3.63) is 12.7 Å². The maximum absolute atomic E-state index is 11.0. The Morgan fingerprint density at radius 1 is 0.840 bits per heavy atom. The minimum absolute atomic E-state index is 0.300. The lowest BCUT2D eigenvalue weighted by molar-refractivity contribution is -0.137. The average Bonchev–Trinajstić information content (AvgIpc) is 2.60.